The molecule has 2 N–H and O–H groups in total. The molecule has 2 unspecified atom stereocenters. The van der Waals surface area contributed by atoms with Crippen LogP contribution in [0.25, 0.3) is 0 Å². The Morgan fingerprint density at radius 3 is 2.39 bits per heavy atom. The molecule has 5 rings (SSSR count). The molecule has 2 heterocycles. The summed E-state index contributed by atoms with van der Waals surface area (Å²) in [6, 6.07) is 26.8. The number of nitrogens with one attached hydrogen (secondary N) is 2. The molecule has 0 aliphatic carbocycles. The van der Waals surface area contributed by atoms with E-state index in [4.69, 9.17) is 4.99 Å². The Morgan fingerprint density at radius 2 is 1.65 bits per heavy atom. The molecule has 0 radical (unpaired) electrons. The second kappa shape index (κ2) is 8.26. The normalized spacial score (nSPS) is 20.0. The molecule has 31 heavy (non-hydrogen) atoms. The molecule has 0 aromatic heterocycles. The van der Waals surface area contributed by atoms with Crippen LogP contribution in [0.2, 0.25) is 0 Å². The summed E-state index contributed by atoms with van der Waals surface area (Å²) in [7, 11) is 0. The maximum Gasteiger partial charge on any atom is 0.247 e. The first kappa shape index (κ1) is 19.4. The molecule has 156 valence electrons. The van der Waals surface area contributed by atoms with E-state index >= 15 is 0 Å². The minimum absolute atomic E-state index is 0.00336. The number of amidine groups is 1. The van der Waals surface area contributed by atoms with Crippen LogP contribution in [0.4, 0.5) is 11.4 Å². The van der Waals surface area contributed by atoms with Crippen molar-refractivity contribution in [3.63, 3.8) is 0 Å². The second-order valence-corrected chi connectivity index (χ2v) is 8.26. The Morgan fingerprint density at radius 1 is 0.935 bits per heavy atom. The van der Waals surface area contributed by atoms with Crippen LogP contribution >= 0.6 is 0 Å². The van der Waals surface area contributed by atoms with Gasteiger partial charge in [0.15, 0.2) is 0 Å². The monoisotopic (exact) mass is 410 g/mol. The standard InChI is InChI=1S/C26H26N4O/c1-18-16-27-25(30(18)17-20-10-6-3-7-11-20)21-12-13-22-23(15-21)29-26(31)24(28-22)14-19-8-4-2-5-9-19/h2-13,15,18,24,28H,14,16-17H2,1H3,(H,29,31). The van der Waals surface area contributed by atoms with Gasteiger partial charge >= 0.3 is 0 Å². The molecular formula is C26H26N4O. The smallest absolute Gasteiger partial charge is 0.247 e. The fourth-order valence-electron chi connectivity index (χ4n) is 4.26. The van der Waals surface area contributed by atoms with Crippen molar-refractivity contribution in [1.82, 2.24) is 4.90 Å². The van der Waals surface area contributed by atoms with Gasteiger partial charge in [-0.05, 0) is 36.2 Å². The van der Waals surface area contributed by atoms with Crippen molar-refractivity contribution >= 4 is 23.1 Å². The number of rotatable bonds is 5. The molecule has 0 saturated carbocycles. The van der Waals surface area contributed by atoms with Gasteiger partial charge in [0.2, 0.25) is 5.91 Å². The summed E-state index contributed by atoms with van der Waals surface area (Å²) in [5, 5.41) is 6.50. The molecule has 2 atom stereocenters. The first-order chi connectivity index (χ1) is 15.2. The average molecular weight is 411 g/mol. The van der Waals surface area contributed by atoms with Crippen LogP contribution in [0, 0.1) is 0 Å². The summed E-state index contributed by atoms with van der Waals surface area (Å²) >= 11 is 0. The van der Waals surface area contributed by atoms with Crippen LogP contribution in [-0.2, 0) is 17.8 Å². The van der Waals surface area contributed by atoms with Gasteiger partial charge in [-0.3, -0.25) is 9.79 Å². The SMILES string of the molecule is CC1CN=C(c2ccc3c(c2)NC(=O)C(Cc2ccccc2)N3)N1Cc1ccccc1. The van der Waals surface area contributed by atoms with E-state index in [2.05, 4.69) is 52.8 Å². The van der Waals surface area contributed by atoms with E-state index in [9.17, 15) is 4.79 Å². The highest BCUT2D eigenvalue weighted by molar-refractivity contribution is 6.06. The first-order valence-corrected chi connectivity index (χ1v) is 10.8. The van der Waals surface area contributed by atoms with E-state index in [1.807, 2.05) is 48.5 Å². The summed E-state index contributed by atoms with van der Waals surface area (Å²) in [4.78, 5) is 19.9. The highest BCUT2D eigenvalue weighted by Crippen LogP contribution is 2.30. The minimum atomic E-state index is -0.279. The molecule has 1 amide bonds. The molecule has 0 bridgehead atoms. The third kappa shape index (κ3) is 4.04. The lowest BCUT2D eigenvalue weighted by Gasteiger charge is -2.29. The van der Waals surface area contributed by atoms with E-state index in [-0.39, 0.29) is 11.9 Å². The van der Waals surface area contributed by atoms with Gasteiger partial charge in [0.25, 0.3) is 0 Å². The van der Waals surface area contributed by atoms with Gasteiger partial charge in [-0.1, -0.05) is 60.7 Å². The van der Waals surface area contributed by atoms with Crippen molar-refractivity contribution in [2.75, 3.05) is 17.2 Å². The largest absolute Gasteiger partial charge is 0.372 e. The molecule has 3 aromatic rings. The number of anilines is 2. The number of aliphatic imine (C=N–C) groups is 1. The number of carbonyl (C=O) groups excluding carboxylic acids is 1. The number of nitrogens with zero attached hydrogens (tertiary/aromatic N) is 2. The number of hydrogen-bond donors (Lipinski definition) is 2. The van der Waals surface area contributed by atoms with Crippen molar-refractivity contribution in [2.24, 2.45) is 4.99 Å². The van der Waals surface area contributed by atoms with Crippen LogP contribution in [-0.4, -0.2) is 35.3 Å². The average Bonchev–Trinajstić information content (AvgIpc) is 3.15. The summed E-state index contributed by atoms with van der Waals surface area (Å²) in [5.74, 6) is 0.983. The fraction of sp³-hybridized carbons (Fsp3) is 0.231. The van der Waals surface area contributed by atoms with Gasteiger partial charge < -0.3 is 15.5 Å². The fourth-order valence-corrected chi connectivity index (χ4v) is 4.26. The van der Waals surface area contributed by atoms with Crippen molar-refractivity contribution in [3.8, 4) is 0 Å². The Hall–Kier alpha value is -3.60. The molecule has 0 saturated heterocycles. The van der Waals surface area contributed by atoms with E-state index in [1.165, 1.54) is 5.56 Å². The van der Waals surface area contributed by atoms with Gasteiger partial charge in [-0.25, -0.2) is 0 Å². The minimum Gasteiger partial charge on any atom is -0.372 e. The number of amides is 1. The predicted octanol–water partition coefficient (Wildman–Crippen LogP) is 4.31. The Balaban J connectivity index is 1.36. The van der Waals surface area contributed by atoms with Gasteiger partial charge in [0, 0.05) is 24.6 Å². The molecule has 0 spiro atoms. The molecule has 0 fully saturated rings. The van der Waals surface area contributed by atoms with E-state index in [0.717, 1.165) is 41.4 Å². The van der Waals surface area contributed by atoms with E-state index < -0.39 is 0 Å². The summed E-state index contributed by atoms with van der Waals surface area (Å²) in [5.41, 5.74) is 5.20. The zero-order chi connectivity index (χ0) is 21.2. The predicted molar refractivity (Wildman–Crippen MR) is 125 cm³/mol. The van der Waals surface area contributed by atoms with Crippen LogP contribution in [0.3, 0.4) is 0 Å². The van der Waals surface area contributed by atoms with Gasteiger partial charge in [0.1, 0.15) is 11.9 Å². The maximum atomic E-state index is 12.7. The highest BCUT2D eigenvalue weighted by Gasteiger charge is 2.29. The highest BCUT2D eigenvalue weighted by atomic mass is 16.2. The quantitative estimate of drug-likeness (QED) is 0.659. The number of fused-ring (bicyclic) bond motifs is 1. The molecule has 5 heteroatoms. The van der Waals surface area contributed by atoms with Gasteiger partial charge in [-0.15, -0.1) is 0 Å². The van der Waals surface area contributed by atoms with Gasteiger partial charge in [-0.2, -0.15) is 0 Å². The lowest BCUT2D eigenvalue weighted by Crippen LogP contribution is -2.40. The Kier molecular flexibility index (Phi) is 5.16. The molecule has 2 aliphatic heterocycles. The summed E-state index contributed by atoms with van der Waals surface area (Å²) < 4.78 is 0. The van der Waals surface area contributed by atoms with Crippen molar-refractivity contribution in [1.29, 1.82) is 0 Å². The van der Waals surface area contributed by atoms with E-state index in [0.29, 0.717) is 12.5 Å². The van der Waals surface area contributed by atoms with Crippen LogP contribution in [0.15, 0.2) is 83.9 Å². The summed E-state index contributed by atoms with van der Waals surface area (Å²) in [6.07, 6.45) is 0.656. The second-order valence-electron chi connectivity index (χ2n) is 8.26. The molecule has 3 aromatic carbocycles. The van der Waals surface area contributed by atoms with Crippen LogP contribution < -0.4 is 10.6 Å². The Bertz CT molecular complexity index is 1110. The lowest BCUT2D eigenvalue weighted by molar-refractivity contribution is -0.117. The number of hydrogen-bond acceptors (Lipinski definition) is 4. The molecule has 5 nitrogen and oxygen atoms in total. The van der Waals surface area contributed by atoms with Gasteiger partial charge in [0.05, 0.1) is 17.9 Å². The zero-order valence-electron chi connectivity index (χ0n) is 17.6. The van der Waals surface area contributed by atoms with Crippen molar-refractivity contribution < 1.29 is 4.79 Å². The topological polar surface area (TPSA) is 56.7 Å². The van der Waals surface area contributed by atoms with Crippen molar-refractivity contribution in [3.05, 3.63) is 95.6 Å². The van der Waals surface area contributed by atoms with E-state index in [1.54, 1.807) is 0 Å². The van der Waals surface area contributed by atoms with Crippen LogP contribution in [0.5, 0.6) is 0 Å². The number of benzene rings is 3. The lowest BCUT2D eigenvalue weighted by atomic mass is 10.0. The maximum absolute atomic E-state index is 12.7. The molecule has 2 aliphatic rings. The third-order valence-electron chi connectivity index (χ3n) is 5.97. The summed E-state index contributed by atoms with van der Waals surface area (Å²) in [6.45, 7) is 3.81. The molecular weight excluding hydrogens is 384 g/mol. The Labute approximate surface area is 182 Å². The van der Waals surface area contributed by atoms with Crippen molar-refractivity contribution in [2.45, 2.75) is 32.0 Å². The van der Waals surface area contributed by atoms with Crippen LogP contribution in [0.1, 0.15) is 23.6 Å². The third-order valence-corrected chi connectivity index (χ3v) is 5.97. The first-order valence-electron chi connectivity index (χ1n) is 10.8. The number of carbonyl (C=O) groups is 1. The zero-order valence-corrected chi connectivity index (χ0v) is 17.6.